The van der Waals surface area contributed by atoms with E-state index in [0.717, 1.165) is 16.1 Å². The number of ether oxygens (including phenoxy) is 2. The van der Waals surface area contributed by atoms with Crippen molar-refractivity contribution < 1.29 is 27.5 Å². The quantitative estimate of drug-likeness (QED) is 0.371. The zero-order chi connectivity index (χ0) is 29.8. The van der Waals surface area contributed by atoms with Gasteiger partial charge in [0.25, 0.3) is 0 Å². The number of carbonyl (C=O) groups excluding carboxylic acids is 2. The molecular formula is C30H34ClN3O6S. The Hall–Kier alpha value is -3.76. The van der Waals surface area contributed by atoms with E-state index in [1.165, 1.54) is 11.0 Å². The number of hydrogen-bond acceptors (Lipinski definition) is 6. The molecule has 41 heavy (non-hydrogen) atoms. The summed E-state index contributed by atoms with van der Waals surface area (Å²) in [5.74, 6) is -0.0486. The van der Waals surface area contributed by atoms with Crippen molar-refractivity contribution in [1.29, 1.82) is 0 Å². The van der Waals surface area contributed by atoms with Crippen LogP contribution in [0.5, 0.6) is 11.5 Å². The van der Waals surface area contributed by atoms with E-state index in [9.17, 15) is 18.0 Å². The van der Waals surface area contributed by atoms with E-state index in [4.69, 9.17) is 21.1 Å². The van der Waals surface area contributed by atoms with Crippen LogP contribution in [0.3, 0.4) is 0 Å². The first-order chi connectivity index (χ1) is 19.3. The Morgan fingerprint density at radius 3 is 2.29 bits per heavy atom. The van der Waals surface area contributed by atoms with Crippen molar-refractivity contribution in [2.45, 2.75) is 45.3 Å². The molecule has 0 fully saturated rings. The zero-order valence-corrected chi connectivity index (χ0v) is 25.0. The lowest BCUT2D eigenvalue weighted by Gasteiger charge is -2.35. The molecule has 0 bridgehead atoms. The lowest BCUT2D eigenvalue weighted by Crippen LogP contribution is -2.56. The average Bonchev–Trinajstić information content (AvgIpc) is 3.36. The molecule has 3 aromatic carbocycles. The summed E-state index contributed by atoms with van der Waals surface area (Å²) in [4.78, 5) is 29.3. The van der Waals surface area contributed by atoms with Crippen LogP contribution in [-0.2, 0) is 32.6 Å². The first-order valence-corrected chi connectivity index (χ1v) is 15.3. The Morgan fingerprint density at radius 1 is 0.951 bits per heavy atom. The number of hydrogen-bond donors (Lipinski definition) is 1. The minimum atomic E-state index is -3.91. The highest BCUT2D eigenvalue weighted by Crippen LogP contribution is 2.36. The summed E-state index contributed by atoms with van der Waals surface area (Å²) in [5, 5.41) is 3.47. The molecule has 0 saturated carbocycles. The number of halogens is 1. The summed E-state index contributed by atoms with van der Waals surface area (Å²) >= 11 is 6.25. The molecule has 0 aliphatic carbocycles. The van der Waals surface area contributed by atoms with Crippen LogP contribution in [0.4, 0.5) is 5.69 Å². The van der Waals surface area contributed by atoms with Gasteiger partial charge in [-0.25, -0.2) is 8.42 Å². The third-order valence-corrected chi connectivity index (χ3v) is 7.71. The van der Waals surface area contributed by atoms with Crippen molar-refractivity contribution >= 4 is 39.1 Å². The Bertz CT molecular complexity index is 1510. The summed E-state index contributed by atoms with van der Waals surface area (Å²) < 4.78 is 37.7. The van der Waals surface area contributed by atoms with Crippen LogP contribution < -0.4 is 19.1 Å². The van der Waals surface area contributed by atoms with Gasteiger partial charge >= 0.3 is 0 Å². The molecule has 1 heterocycles. The molecule has 1 atom stereocenters. The van der Waals surface area contributed by atoms with Crippen molar-refractivity contribution in [3.05, 3.63) is 88.9 Å². The molecule has 1 aliphatic rings. The number of fused-ring (bicyclic) bond motifs is 1. The molecule has 9 nitrogen and oxygen atoms in total. The lowest BCUT2D eigenvalue weighted by atomic mass is 10.0. The maximum Gasteiger partial charge on any atom is 0.244 e. The Labute approximate surface area is 246 Å². The van der Waals surface area contributed by atoms with Crippen molar-refractivity contribution in [1.82, 2.24) is 10.2 Å². The molecule has 0 spiro atoms. The minimum absolute atomic E-state index is 0.0219. The second-order valence-corrected chi connectivity index (χ2v) is 13.2. The number of nitrogens with one attached hydrogen (secondary N) is 1. The van der Waals surface area contributed by atoms with Crippen molar-refractivity contribution in [2.75, 3.05) is 23.9 Å². The second kappa shape index (κ2) is 12.4. The number of amides is 2. The van der Waals surface area contributed by atoms with E-state index in [0.29, 0.717) is 22.1 Å². The molecular weight excluding hydrogens is 566 g/mol. The fourth-order valence-corrected chi connectivity index (χ4v) is 5.55. The normalized spacial score (nSPS) is 13.4. The summed E-state index contributed by atoms with van der Waals surface area (Å²) in [7, 11) is -3.91. The van der Waals surface area contributed by atoms with Gasteiger partial charge in [-0.3, -0.25) is 13.9 Å². The van der Waals surface area contributed by atoms with Crippen molar-refractivity contribution in [3.63, 3.8) is 0 Å². The average molecular weight is 600 g/mol. The predicted molar refractivity (Wildman–Crippen MR) is 159 cm³/mol. The second-order valence-electron chi connectivity index (χ2n) is 10.9. The number of anilines is 1. The summed E-state index contributed by atoms with van der Waals surface area (Å²) in [5.41, 5.74) is 1.22. The maximum atomic E-state index is 14.1. The van der Waals surface area contributed by atoms with Gasteiger partial charge in [0.1, 0.15) is 12.6 Å². The van der Waals surface area contributed by atoms with Crippen LogP contribution in [0.25, 0.3) is 0 Å². The Balaban J connectivity index is 1.74. The van der Waals surface area contributed by atoms with Gasteiger partial charge in [-0.15, -0.1) is 0 Å². The van der Waals surface area contributed by atoms with Crippen LogP contribution in [0.15, 0.2) is 72.8 Å². The van der Waals surface area contributed by atoms with Gasteiger partial charge in [0.2, 0.25) is 28.6 Å². The standard InChI is InChI=1S/C30H34ClN3O6S/c1-30(2,3)32-29(36)25(16-21-9-6-5-7-10-21)33(18-22-11-8-12-23(31)15-22)28(35)19-34(41(4,37)38)24-13-14-26-27(17-24)40-20-39-26/h5-15,17,25H,16,18-20H2,1-4H3,(H,32,36)/t25-/m1/s1. The van der Waals surface area contributed by atoms with E-state index in [1.807, 2.05) is 51.1 Å². The summed E-state index contributed by atoms with van der Waals surface area (Å²) in [6.45, 7) is 5.10. The van der Waals surface area contributed by atoms with E-state index < -0.39 is 34.1 Å². The third kappa shape index (κ3) is 8.14. The Kier molecular flexibility index (Phi) is 9.14. The van der Waals surface area contributed by atoms with Crippen LogP contribution in [-0.4, -0.2) is 56.3 Å². The fraction of sp³-hybridized carbons (Fsp3) is 0.333. The van der Waals surface area contributed by atoms with Crippen molar-refractivity contribution in [3.8, 4) is 11.5 Å². The van der Waals surface area contributed by atoms with Gasteiger partial charge in [-0.1, -0.05) is 54.1 Å². The molecule has 4 rings (SSSR count). The molecule has 0 aromatic heterocycles. The van der Waals surface area contributed by atoms with E-state index in [1.54, 1.807) is 36.4 Å². The molecule has 3 aromatic rings. The largest absolute Gasteiger partial charge is 0.454 e. The molecule has 0 unspecified atom stereocenters. The number of sulfonamides is 1. The first-order valence-electron chi connectivity index (χ1n) is 13.1. The maximum absolute atomic E-state index is 14.1. The van der Waals surface area contributed by atoms with Gasteiger partial charge < -0.3 is 19.7 Å². The first kappa shape index (κ1) is 30.2. The minimum Gasteiger partial charge on any atom is -0.454 e. The molecule has 2 amide bonds. The van der Waals surface area contributed by atoms with Gasteiger partial charge in [0.05, 0.1) is 11.9 Å². The van der Waals surface area contributed by atoms with Gasteiger partial charge in [-0.05, 0) is 56.2 Å². The van der Waals surface area contributed by atoms with Gasteiger partial charge in [-0.2, -0.15) is 0 Å². The molecule has 1 N–H and O–H groups in total. The highest BCUT2D eigenvalue weighted by Gasteiger charge is 2.34. The van der Waals surface area contributed by atoms with E-state index in [-0.39, 0.29) is 31.4 Å². The zero-order valence-electron chi connectivity index (χ0n) is 23.5. The van der Waals surface area contributed by atoms with E-state index >= 15 is 0 Å². The molecule has 0 radical (unpaired) electrons. The van der Waals surface area contributed by atoms with Crippen LogP contribution in [0, 0.1) is 0 Å². The SMILES string of the molecule is CC(C)(C)NC(=O)[C@@H](Cc1ccccc1)N(Cc1cccc(Cl)c1)C(=O)CN(c1ccc2c(c1)OCO2)S(C)(=O)=O. The Morgan fingerprint density at radius 2 is 1.63 bits per heavy atom. The molecule has 218 valence electrons. The topological polar surface area (TPSA) is 105 Å². The fourth-order valence-electron chi connectivity index (χ4n) is 4.49. The highest BCUT2D eigenvalue weighted by molar-refractivity contribution is 7.92. The van der Waals surface area contributed by atoms with Crippen LogP contribution in [0.2, 0.25) is 5.02 Å². The summed E-state index contributed by atoms with van der Waals surface area (Å²) in [6, 6.07) is 20.1. The molecule has 11 heteroatoms. The predicted octanol–water partition coefficient (Wildman–Crippen LogP) is 4.39. The van der Waals surface area contributed by atoms with Crippen molar-refractivity contribution in [2.24, 2.45) is 0 Å². The smallest absolute Gasteiger partial charge is 0.244 e. The van der Waals surface area contributed by atoms with Gasteiger partial charge in [0.15, 0.2) is 11.5 Å². The number of benzene rings is 3. The number of carbonyl (C=O) groups is 2. The molecule has 0 saturated heterocycles. The van der Waals surface area contributed by atoms with Crippen LogP contribution in [0.1, 0.15) is 31.9 Å². The third-order valence-electron chi connectivity index (χ3n) is 6.33. The highest BCUT2D eigenvalue weighted by atomic mass is 35.5. The number of rotatable bonds is 10. The summed E-state index contributed by atoms with van der Waals surface area (Å²) in [6.07, 6.45) is 1.25. The van der Waals surface area contributed by atoms with E-state index in [2.05, 4.69) is 5.32 Å². The molecule has 1 aliphatic heterocycles. The van der Waals surface area contributed by atoms with Crippen LogP contribution >= 0.6 is 11.6 Å². The monoisotopic (exact) mass is 599 g/mol. The van der Waals surface area contributed by atoms with Gasteiger partial charge in [0, 0.05) is 29.6 Å². The number of nitrogens with zero attached hydrogens (tertiary/aromatic N) is 2. The lowest BCUT2D eigenvalue weighted by molar-refractivity contribution is -0.140.